The van der Waals surface area contributed by atoms with Gasteiger partial charge in [-0.2, -0.15) is 9.57 Å². The molecule has 0 spiro atoms. The fourth-order valence-corrected chi connectivity index (χ4v) is 6.32. The normalized spacial score (nSPS) is 11.1. The Morgan fingerprint density at radius 3 is 1.67 bits per heavy atom. The van der Waals surface area contributed by atoms with Crippen LogP contribution in [0.5, 0.6) is 0 Å². The number of para-hydroxylation sites is 1. The Kier molecular flexibility index (Phi) is 8.06. The molecule has 0 N–H and O–H groups in total. The molecule has 0 saturated carbocycles. The summed E-state index contributed by atoms with van der Waals surface area (Å²) in [6.07, 6.45) is 0. The van der Waals surface area contributed by atoms with Gasteiger partial charge in [0, 0.05) is 6.04 Å². The van der Waals surface area contributed by atoms with E-state index >= 15 is 0 Å². The van der Waals surface area contributed by atoms with E-state index in [1.54, 1.807) is 54.6 Å². The molecule has 0 heterocycles. The number of hydrogen-bond acceptors (Lipinski definition) is 5. The molecule has 0 bridgehead atoms. The monoisotopic (exact) mass is 555 g/mol. The number of rotatable bonds is 7. The van der Waals surface area contributed by atoms with Crippen LogP contribution in [0.1, 0.15) is 16.7 Å². The van der Waals surface area contributed by atoms with E-state index in [2.05, 4.69) is 12.0 Å². The van der Waals surface area contributed by atoms with E-state index in [0.717, 1.165) is 19.7 Å². The first-order valence-corrected chi connectivity index (χ1v) is 14.8. The number of sulfonamides is 2. The third kappa shape index (κ3) is 6.12. The average molecular weight is 556 g/mol. The van der Waals surface area contributed by atoms with Gasteiger partial charge in [0.1, 0.15) is 0 Å². The minimum Gasteiger partial charge on any atom is -0.254 e. The minimum absolute atomic E-state index is 0.0579. The van der Waals surface area contributed by atoms with Crippen LogP contribution in [0.4, 0.5) is 11.4 Å². The Balaban J connectivity index is 1.78. The number of benzene rings is 4. The van der Waals surface area contributed by atoms with Crippen LogP contribution in [0.25, 0.3) is 0 Å². The second-order valence-corrected chi connectivity index (χ2v) is 12.3. The molecule has 39 heavy (non-hydrogen) atoms. The summed E-state index contributed by atoms with van der Waals surface area (Å²) in [5, 5.41) is 9.16. The number of nitriles is 1. The molecule has 4 rings (SSSR count). The summed E-state index contributed by atoms with van der Waals surface area (Å²) in [5.41, 5.74) is 2.79. The maximum absolute atomic E-state index is 13.7. The SMILES string of the molecule is Cc1ccc(S(=O)(=O)N(C#CCN(c2ccc(C#N)cc2)S(=O)(=O)c2ccc(C)cc2)c2ccccc2)cc1. The fraction of sp³-hybridized carbons (Fsp3) is 0.100. The van der Waals surface area contributed by atoms with Crippen LogP contribution in [0.15, 0.2) is 113 Å². The van der Waals surface area contributed by atoms with Crippen LogP contribution >= 0.6 is 0 Å². The van der Waals surface area contributed by atoms with Gasteiger partial charge in [0.05, 0.1) is 39.3 Å². The largest absolute Gasteiger partial charge is 0.275 e. The van der Waals surface area contributed by atoms with Crippen LogP contribution in [-0.2, 0) is 20.0 Å². The van der Waals surface area contributed by atoms with Gasteiger partial charge in [-0.15, -0.1) is 0 Å². The van der Waals surface area contributed by atoms with Crippen molar-refractivity contribution in [1.82, 2.24) is 0 Å². The lowest BCUT2D eigenvalue weighted by Crippen LogP contribution is -2.32. The quantitative estimate of drug-likeness (QED) is 0.230. The Labute approximate surface area is 229 Å². The van der Waals surface area contributed by atoms with Gasteiger partial charge >= 0.3 is 0 Å². The highest BCUT2D eigenvalue weighted by Crippen LogP contribution is 2.25. The molecule has 0 unspecified atom stereocenters. The van der Waals surface area contributed by atoms with Crippen molar-refractivity contribution in [3.8, 4) is 18.0 Å². The Hall–Kier alpha value is -4.57. The van der Waals surface area contributed by atoms with E-state index in [9.17, 15) is 16.8 Å². The first-order chi connectivity index (χ1) is 18.6. The van der Waals surface area contributed by atoms with E-state index in [1.807, 2.05) is 19.9 Å². The summed E-state index contributed by atoms with van der Waals surface area (Å²) in [7, 11) is -8.14. The smallest absolute Gasteiger partial charge is 0.254 e. The molecule has 7 nitrogen and oxygen atoms in total. The fourth-order valence-electron chi connectivity index (χ4n) is 3.68. The van der Waals surface area contributed by atoms with Gasteiger partial charge < -0.3 is 0 Å². The van der Waals surface area contributed by atoms with E-state index in [-0.39, 0.29) is 22.0 Å². The highest BCUT2D eigenvalue weighted by atomic mass is 32.2. The molecule has 0 fully saturated rings. The first kappa shape index (κ1) is 27.5. The first-order valence-electron chi connectivity index (χ1n) is 11.9. The van der Waals surface area contributed by atoms with Crippen molar-refractivity contribution in [2.75, 3.05) is 15.2 Å². The molecular weight excluding hydrogens is 530 g/mol. The Bertz CT molecular complexity index is 1770. The van der Waals surface area contributed by atoms with Gasteiger partial charge in [-0.25, -0.2) is 16.8 Å². The number of anilines is 2. The predicted octanol–water partition coefficient (Wildman–Crippen LogP) is 5.23. The summed E-state index contributed by atoms with van der Waals surface area (Å²) in [6, 6.07) is 31.9. The number of nitrogens with zero attached hydrogens (tertiary/aromatic N) is 3. The molecule has 0 amide bonds. The van der Waals surface area contributed by atoms with E-state index in [0.29, 0.717) is 11.3 Å². The van der Waals surface area contributed by atoms with Gasteiger partial charge in [-0.3, -0.25) is 4.31 Å². The lowest BCUT2D eigenvalue weighted by Gasteiger charge is -2.23. The molecule has 4 aromatic carbocycles. The van der Waals surface area contributed by atoms with Crippen LogP contribution in [0, 0.1) is 37.1 Å². The van der Waals surface area contributed by atoms with Crippen molar-refractivity contribution < 1.29 is 16.8 Å². The molecule has 0 atom stereocenters. The van der Waals surface area contributed by atoms with Gasteiger partial charge in [-0.05, 0) is 74.5 Å². The summed E-state index contributed by atoms with van der Waals surface area (Å²) >= 11 is 0. The summed E-state index contributed by atoms with van der Waals surface area (Å²) in [5.74, 6) is 2.76. The second kappa shape index (κ2) is 11.4. The van der Waals surface area contributed by atoms with Crippen molar-refractivity contribution in [2.45, 2.75) is 23.6 Å². The van der Waals surface area contributed by atoms with Crippen molar-refractivity contribution in [1.29, 1.82) is 5.26 Å². The van der Waals surface area contributed by atoms with E-state index < -0.39 is 20.0 Å². The van der Waals surface area contributed by atoms with Gasteiger partial charge in [-0.1, -0.05) is 59.5 Å². The maximum Gasteiger partial charge on any atom is 0.275 e. The molecule has 9 heteroatoms. The number of aryl methyl sites for hydroxylation is 2. The van der Waals surface area contributed by atoms with Crippen LogP contribution < -0.4 is 8.61 Å². The van der Waals surface area contributed by atoms with Gasteiger partial charge in [0.25, 0.3) is 20.0 Å². The third-order valence-corrected chi connectivity index (χ3v) is 9.29. The maximum atomic E-state index is 13.7. The molecule has 0 radical (unpaired) electrons. The molecule has 0 saturated heterocycles. The molecule has 0 aliphatic rings. The lowest BCUT2D eigenvalue weighted by atomic mass is 10.2. The minimum atomic E-state index is -4.08. The zero-order chi connectivity index (χ0) is 28.0. The highest BCUT2D eigenvalue weighted by Gasteiger charge is 2.26. The van der Waals surface area contributed by atoms with E-state index in [4.69, 9.17) is 5.26 Å². The van der Waals surface area contributed by atoms with Crippen LogP contribution in [0.3, 0.4) is 0 Å². The molecule has 0 aliphatic carbocycles. The van der Waals surface area contributed by atoms with Crippen molar-refractivity contribution in [2.24, 2.45) is 0 Å². The lowest BCUT2D eigenvalue weighted by molar-refractivity contribution is 0.592. The second-order valence-electron chi connectivity index (χ2n) is 8.69. The topological polar surface area (TPSA) is 98.5 Å². The molecule has 4 aromatic rings. The van der Waals surface area contributed by atoms with Gasteiger partial charge in [0.2, 0.25) is 0 Å². The molecular formula is C30H25N3O4S2. The van der Waals surface area contributed by atoms with Crippen molar-refractivity contribution >= 4 is 31.4 Å². The third-order valence-electron chi connectivity index (χ3n) is 5.85. The highest BCUT2D eigenvalue weighted by molar-refractivity contribution is 7.93. The van der Waals surface area contributed by atoms with Crippen molar-refractivity contribution in [3.05, 3.63) is 120 Å². The summed E-state index contributed by atoms with van der Waals surface area (Å²) in [6.45, 7) is 3.37. The zero-order valence-corrected chi connectivity index (χ0v) is 22.9. The Morgan fingerprint density at radius 1 is 0.641 bits per heavy atom. The van der Waals surface area contributed by atoms with E-state index in [1.165, 1.54) is 48.5 Å². The average Bonchev–Trinajstić information content (AvgIpc) is 2.94. The Morgan fingerprint density at radius 2 is 1.15 bits per heavy atom. The van der Waals surface area contributed by atoms with Crippen molar-refractivity contribution in [3.63, 3.8) is 0 Å². The van der Waals surface area contributed by atoms with Gasteiger partial charge in [0.15, 0.2) is 0 Å². The molecule has 0 aromatic heterocycles. The summed E-state index contributed by atoms with van der Waals surface area (Å²) in [4.78, 5) is 0.119. The molecule has 196 valence electrons. The zero-order valence-electron chi connectivity index (χ0n) is 21.3. The molecule has 0 aliphatic heterocycles. The number of hydrogen-bond donors (Lipinski definition) is 0. The van der Waals surface area contributed by atoms with Crippen LogP contribution in [0.2, 0.25) is 0 Å². The standard InChI is InChI=1S/C30H25N3O4S2/c1-24-9-17-29(18-10-24)38(34,35)32(27-7-4-3-5-8-27)21-6-22-33(28-15-13-26(23-31)14-16-28)39(36,37)30-19-11-25(2)12-20-30/h3-5,7-20H,22H2,1-2H3. The van der Waals surface area contributed by atoms with Crippen LogP contribution in [-0.4, -0.2) is 23.4 Å². The summed E-state index contributed by atoms with van der Waals surface area (Å²) < 4.78 is 56.5. The predicted molar refractivity (Wildman–Crippen MR) is 152 cm³/mol.